The molecule has 5 heteroatoms. The molecule has 1 aliphatic rings. The van der Waals surface area contributed by atoms with Crippen LogP contribution in [0.3, 0.4) is 0 Å². The molecule has 0 radical (unpaired) electrons. The fourth-order valence-corrected chi connectivity index (χ4v) is 1.63. The van der Waals surface area contributed by atoms with E-state index in [4.69, 9.17) is 5.11 Å². The Bertz CT molecular complexity index is 252. The third-order valence-corrected chi connectivity index (χ3v) is 2.37. The summed E-state index contributed by atoms with van der Waals surface area (Å²) < 4.78 is 0. The summed E-state index contributed by atoms with van der Waals surface area (Å²) in [4.78, 5) is 16.6. The van der Waals surface area contributed by atoms with Crippen LogP contribution in [0.1, 0.15) is 6.92 Å². The summed E-state index contributed by atoms with van der Waals surface area (Å²) in [5.41, 5.74) is 0. The molecular weight excluding hydrogens is 182 g/mol. The fourth-order valence-electron chi connectivity index (χ4n) is 1.63. The summed E-state index contributed by atoms with van der Waals surface area (Å²) in [7, 11) is 5.78. The summed E-state index contributed by atoms with van der Waals surface area (Å²) in [5, 5.41) is 8.92. The molecule has 2 atom stereocenters. The predicted octanol–water partition coefficient (Wildman–Crippen LogP) is 0.0233. The van der Waals surface area contributed by atoms with E-state index in [9.17, 15) is 4.79 Å². The number of aliphatic carboxylic acids is 1. The highest BCUT2D eigenvalue weighted by Gasteiger charge is 2.31. The standard InChI is InChI=1S/C9H17N3O2/c1-7(8(13)14)12-6-5-11(4)9(12)10(2)3/h5-7,9H,1-4H3,(H,13,14). The Morgan fingerprint density at radius 3 is 2.50 bits per heavy atom. The Balaban J connectivity index is 2.78. The van der Waals surface area contributed by atoms with Crippen LogP contribution in [0.15, 0.2) is 12.4 Å². The molecule has 0 bridgehead atoms. The zero-order chi connectivity index (χ0) is 10.9. The molecule has 1 heterocycles. The van der Waals surface area contributed by atoms with Crippen LogP contribution in [0.2, 0.25) is 0 Å². The van der Waals surface area contributed by atoms with E-state index in [2.05, 4.69) is 0 Å². The monoisotopic (exact) mass is 199 g/mol. The van der Waals surface area contributed by atoms with Gasteiger partial charge < -0.3 is 14.9 Å². The molecule has 1 aliphatic heterocycles. The molecule has 5 nitrogen and oxygen atoms in total. The van der Waals surface area contributed by atoms with E-state index in [1.165, 1.54) is 0 Å². The maximum Gasteiger partial charge on any atom is 0.326 e. The van der Waals surface area contributed by atoms with Crippen molar-refractivity contribution in [3.8, 4) is 0 Å². The van der Waals surface area contributed by atoms with Crippen LogP contribution >= 0.6 is 0 Å². The number of rotatable bonds is 3. The zero-order valence-electron chi connectivity index (χ0n) is 9.01. The maximum absolute atomic E-state index is 10.8. The first-order valence-corrected chi connectivity index (χ1v) is 4.52. The van der Waals surface area contributed by atoms with E-state index < -0.39 is 12.0 Å². The van der Waals surface area contributed by atoms with Crippen molar-refractivity contribution >= 4 is 5.97 Å². The second-order valence-electron chi connectivity index (χ2n) is 3.74. The minimum absolute atomic E-state index is 0.0129. The number of hydrogen-bond donors (Lipinski definition) is 1. The van der Waals surface area contributed by atoms with Crippen molar-refractivity contribution in [2.45, 2.75) is 19.3 Å². The summed E-state index contributed by atoms with van der Waals surface area (Å²) in [6.07, 6.45) is 3.68. The van der Waals surface area contributed by atoms with E-state index in [-0.39, 0.29) is 6.29 Å². The van der Waals surface area contributed by atoms with Gasteiger partial charge in [0.2, 0.25) is 0 Å². The minimum atomic E-state index is -0.809. The molecule has 0 aliphatic carbocycles. The normalized spacial score (nSPS) is 23.4. The van der Waals surface area contributed by atoms with Crippen molar-refractivity contribution in [1.82, 2.24) is 14.7 Å². The topological polar surface area (TPSA) is 47.0 Å². The van der Waals surface area contributed by atoms with Gasteiger partial charge in [0.05, 0.1) is 0 Å². The molecule has 0 amide bonds. The summed E-state index contributed by atoms with van der Waals surface area (Å²) in [5.74, 6) is -0.809. The van der Waals surface area contributed by atoms with Crippen molar-refractivity contribution in [1.29, 1.82) is 0 Å². The molecule has 0 aromatic heterocycles. The molecule has 0 aromatic rings. The number of carboxylic acid groups (broad SMARTS) is 1. The Kier molecular flexibility index (Phi) is 3.00. The van der Waals surface area contributed by atoms with Gasteiger partial charge in [-0.05, 0) is 21.0 Å². The number of carbonyl (C=O) groups is 1. The first-order chi connectivity index (χ1) is 6.45. The van der Waals surface area contributed by atoms with E-state index in [0.29, 0.717) is 0 Å². The van der Waals surface area contributed by atoms with E-state index >= 15 is 0 Å². The smallest absolute Gasteiger partial charge is 0.326 e. The van der Waals surface area contributed by atoms with Crippen LogP contribution in [0.4, 0.5) is 0 Å². The minimum Gasteiger partial charge on any atom is -0.480 e. The predicted molar refractivity (Wildman–Crippen MR) is 53.3 cm³/mol. The van der Waals surface area contributed by atoms with Crippen molar-refractivity contribution in [3.63, 3.8) is 0 Å². The van der Waals surface area contributed by atoms with Crippen LogP contribution in [-0.2, 0) is 4.79 Å². The number of carboxylic acids is 1. The first kappa shape index (κ1) is 10.8. The Labute approximate surface area is 84.2 Å². The molecule has 2 unspecified atom stereocenters. The number of nitrogens with zero attached hydrogens (tertiary/aromatic N) is 3. The van der Waals surface area contributed by atoms with Crippen LogP contribution in [0.25, 0.3) is 0 Å². The van der Waals surface area contributed by atoms with Crippen LogP contribution in [0, 0.1) is 0 Å². The third kappa shape index (κ3) is 1.82. The molecule has 0 spiro atoms. The second kappa shape index (κ2) is 3.88. The SMILES string of the molecule is CC(C(=O)O)N1C=CN(C)C1N(C)C. The van der Waals surface area contributed by atoms with Gasteiger partial charge in [0.25, 0.3) is 0 Å². The van der Waals surface area contributed by atoms with Gasteiger partial charge in [0.15, 0.2) is 6.29 Å². The highest BCUT2D eigenvalue weighted by atomic mass is 16.4. The van der Waals surface area contributed by atoms with E-state index in [1.54, 1.807) is 6.92 Å². The van der Waals surface area contributed by atoms with E-state index in [0.717, 1.165) is 0 Å². The first-order valence-electron chi connectivity index (χ1n) is 4.52. The van der Waals surface area contributed by atoms with Crippen LogP contribution in [-0.4, -0.2) is 59.3 Å². The van der Waals surface area contributed by atoms with Gasteiger partial charge >= 0.3 is 5.97 Å². The van der Waals surface area contributed by atoms with Gasteiger partial charge in [0.1, 0.15) is 6.04 Å². The van der Waals surface area contributed by atoms with Crippen LogP contribution < -0.4 is 0 Å². The Hall–Kier alpha value is -1.23. The second-order valence-corrected chi connectivity index (χ2v) is 3.74. The molecule has 0 fully saturated rings. The Morgan fingerprint density at radius 2 is 2.07 bits per heavy atom. The van der Waals surface area contributed by atoms with Gasteiger partial charge in [-0.1, -0.05) is 0 Å². The molecule has 1 N–H and O–H groups in total. The van der Waals surface area contributed by atoms with Crippen molar-refractivity contribution in [2.75, 3.05) is 21.1 Å². The average molecular weight is 199 g/mol. The summed E-state index contributed by atoms with van der Waals surface area (Å²) in [6, 6.07) is -0.511. The summed E-state index contributed by atoms with van der Waals surface area (Å²) in [6.45, 7) is 1.68. The van der Waals surface area contributed by atoms with Gasteiger partial charge in [-0.2, -0.15) is 0 Å². The number of hydrogen-bond acceptors (Lipinski definition) is 4. The lowest BCUT2D eigenvalue weighted by atomic mass is 10.3. The lowest BCUT2D eigenvalue weighted by molar-refractivity contribution is -0.144. The van der Waals surface area contributed by atoms with Crippen molar-refractivity contribution < 1.29 is 9.90 Å². The highest BCUT2D eigenvalue weighted by molar-refractivity contribution is 5.73. The van der Waals surface area contributed by atoms with E-state index in [1.807, 2.05) is 48.2 Å². The molecular formula is C9H17N3O2. The maximum atomic E-state index is 10.8. The lowest BCUT2D eigenvalue weighted by Gasteiger charge is -2.37. The van der Waals surface area contributed by atoms with Gasteiger partial charge in [-0.15, -0.1) is 0 Å². The van der Waals surface area contributed by atoms with Gasteiger partial charge in [-0.3, -0.25) is 4.90 Å². The fraction of sp³-hybridized carbons (Fsp3) is 0.667. The van der Waals surface area contributed by atoms with Gasteiger partial charge in [0, 0.05) is 19.4 Å². The molecule has 0 saturated heterocycles. The zero-order valence-corrected chi connectivity index (χ0v) is 9.01. The highest BCUT2D eigenvalue weighted by Crippen LogP contribution is 2.18. The largest absolute Gasteiger partial charge is 0.480 e. The molecule has 0 aromatic carbocycles. The third-order valence-electron chi connectivity index (χ3n) is 2.37. The average Bonchev–Trinajstić information content (AvgIpc) is 2.45. The molecule has 1 rings (SSSR count). The van der Waals surface area contributed by atoms with Crippen molar-refractivity contribution in [2.24, 2.45) is 0 Å². The molecule has 0 saturated carbocycles. The van der Waals surface area contributed by atoms with Gasteiger partial charge in [-0.25, -0.2) is 4.79 Å². The molecule has 14 heavy (non-hydrogen) atoms. The Morgan fingerprint density at radius 1 is 1.50 bits per heavy atom. The van der Waals surface area contributed by atoms with Crippen LogP contribution in [0.5, 0.6) is 0 Å². The quantitative estimate of drug-likeness (QED) is 0.694. The van der Waals surface area contributed by atoms with Crippen molar-refractivity contribution in [3.05, 3.63) is 12.4 Å². The lowest BCUT2D eigenvalue weighted by Crippen LogP contribution is -2.52. The molecule has 80 valence electrons. The summed E-state index contributed by atoms with van der Waals surface area (Å²) >= 11 is 0.